The van der Waals surface area contributed by atoms with Gasteiger partial charge in [0.1, 0.15) is 11.7 Å². The lowest BCUT2D eigenvalue weighted by atomic mass is 10.0. The fraction of sp³-hybridized carbons (Fsp3) is 0.120. The van der Waals surface area contributed by atoms with Gasteiger partial charge in [0.2, 0.25) is 10.0 Å². The van der Waals surface area contributed by atoms with Crippen LogP contribution in [0.4, 0.5) is 0 Å². The molecule has 0 bridgehead atoms. The Bertz CT molecular complexity index is 1360. The fourth-order valence-corrected chi connectivity index (χ4v) is 3.57. The Kier molecular flexibility index (Phi) is 6.52. The zero-order valence-electron chi connectivity index (χ0n) is 17.1. The van der Waals surface area contributed by atoms with Gasteiger partial charge in [0.05, 0.1) is 11.6 Å². The molecule has 0 unspecified atom stereocenters. The maximum atomic E-state index is 12.2. The molecule has 1 heterocycles. The summed E-state index contributed by atoms with van der Waals surface area (Å²) < 4.78 is 0. The second kappa shape index (κ2) is 9.84. The van der Waals surface area contributed by atoms with E-state index in [0.29, 0.717) is 29.1 Å². The van der Waals surface area contributed by atoms with Gasteiger partial charge >= 0.3 is 5.91 Å². The molecule has 4 rings (SSSR count). The third kappa shape index (κ3) is 5.16. The lowest BCUT2D eigenvalue weighted by molar-refractivity contribution is 0.0992. The number of halogens is 1. The number of carbonyl (C=O) groups excluding carboxylic acids is 1. The number of amides is 1. The molecule has 0 fully saturated rings. The van der Waals surface area contributed by atoms with E-state index in [0.717, 1.165) is 34.0 Å². The summed E-state index contributed by atoms with van der Waals surface area (Å²) >= 11 is 6.07. The summed E-state index contributed by atoms with van der Waals surface area (Å²) in [6, 6.07) is 22.5. The smallest absolute Gasteiger partial charge is 0.360 e. The van der Waals surface area contributed by atoms with E-state index in [4.69, 9.17) is 16.9 Å². The van der Waals surface area contributed by atoms with E-state index in [1.165, 1.54) is 0 Å². The Labute approximate surface area is 189 Å². The van der Waals surface area contributed by atoms with Crippen LogP contribution in [0.1, 0.15) is 32.6 Å². The predicted octanol–water partition coefficient (Wildman–Crippen LogP) is 5.64. The Morgan fingerprint density at radius 3 is 2.47 bits per heavy atom. The van der Waals surface area contributed by atoms with Crippen LogP contribution in [0.15, 0.2) is 83.2 Å². The van der Waals surface area contributed by atoms with Crippen molar-refractivity contribution >= 4 is 28.4 Å². The van der Waals surface area contributed by atoms with Crippen LogP contribution in [-0.2, 0) is 12.8 Å². The number of nitrogens with one attached hydrogen (secondary N) is 1. The molecule has 0 aliphatic rings. The summed E-state index contributed by atoms with van der Waals surface area (Å²) in [6.07, 6.45) is 3.31. The highest BCUT2D eigenvalue weighted by Gasteiger charge is 2.10. The molecule has 0 atom stereocenters. The SMILES string of the molecule is N#Cc1ccc(Cc2ccc(C(=O)N=[N+]=NCCc3c[nH]c4ccc(Cl)cc34)cc2)cc1. The Balaban J connectivity index is 1.33. The number of hydrogen-bond acceptors (Lipinski definition) is 3. The highest BCUT2D eigenvalue weighted by atomic mass is 35.5. The third-order valence-corrected chi connectivity index (χ3v) is 5.34. The van der Waals surface area contributed by atoms with Crippen molar-refractivity contribution < 1.29 is 4.79 Å². The van der Waals surface area contributed by atoms with E-state index >= 15 is 0 Å². The first-order chi connectivity index (χ1) is 15.6. The van der Waals surface area contributed by atoms with Gasteiger partial charge in [0, 0.05) is 34.1 Å². The van der Waals surface area contributed by atoms with E-state index < -0.39 is 5.91 Å². The van der Waals surface area contributed by atoms with Crippen LogP contribution >= 0.6 is 11.6 Å². The molecule has 6 nitrogen and oxygen atoms in total. The lowest BCUT2D eigenvalue weighted by Gasteiger charge is -2.02. The zero-order chi connectivity index (χ0) is 22.3. The molecule has 0 saturated carbocycles. The normalized spacial score (nSPS) is 10.4. The molecule has 156 valence electrons. The molecule has 1 aromatic heterocycles. The van der Waals surface area contributed by atoms with E-state index in [9.17, 15) is 4.79 Å². The van der Waals surface area contributed by atoms with Crippen LogP contribution in [0.5, 0.6) is 0 Å². The highest BCUT2D eigenvalue weighted by Crippen LogP contribution is 2.22. The zero-order valence-corrected chi connectivity index (χ0v) is 17.9. The van der Waals surface area contributed by atoms with Gasteiger partial charge in [0.15, 0.2) is 0 Å². The number of rotatable bonds is 6. The number of hydrogen-bond donors (Lipinski definition) is 1. The number of benzene rings is 3. The van der Waals surface area contributed by atoms with E-state index in [1.807, 2.05) is 48.7 Å². The molecule has 3 aromatic carbocycles. The monoisotopic (exact) mass is 440 g/mol. The number of nitriles is 1. The summed E-state index contributed by atoms with van der Waals surface area (Å²) in [4.78, 5) is 19.1. The van der Waals surface area contributed by atoms with Crippen LogP contribution in [0.2, 0.25) is 5.02 Å². The maximum absolute atomic E-state index is 12.2. The minimum absolute atomic E-state index is 0.416. The Morgan fingerprint density at radius 1 is 1.03 bits per heavy atom. The number of carbonyl (C=O) groups is 1. The Morgan fingerprint density at radius 2 is 1.75 bits per heavy atom. The van der Waals surface area contributed by atoms with E-state index in [-0.39, 0.29) is 0 Å². The Hall–Kier alpha value is -4.04. The number of H-pyrrole nitrogens is 1. The molecule has 1 N–H and O–H groups in total. The quantitative estimate of drug-likeness (QED) is 0.310. The highest BCUT2D eigenvalue weighted by molar-refractivity contribution is 6.31. The molecular weight excluding hydrogens is 422 g/mol. The molecular formula is C25H19ClN5O+. The molecule has 0 saturated heterocycles. The third-order valence-electron chi connectivity index (χ3n) is 5.10. The predicted molar refractivity (Wildman–Crippen MR) is 124 cm³/mol. The topological polar surface area (TPSA) is 95.5 Å². The van der Waals surface area contributed by atoms with Gasteiger partial charge in [-0.2, -0.15) is 5.26 Å². The van der Waals surface area contributed by atoms with Gasteiger partial charge in [-0.15, -0.1) is 0 Å². The summed E-state index contributed by atoms with van der Waals surface area (Å²) in [5.41, 5.74) is 5.36. The minimum atomic E-state index is -0.433. The second-order valence-corrected chi connectivity index (χ2v) is 7.73. The number of aromatic amines is 1. The summed E-state index contributed by atoms with van der Waals surface area (Å²) in [7, 11) is 0. The van der Waals surface area contributed by atoms with Gasteiger partial charge in [-0.3, -0.25) is 4.79 Å². The first-order valence-corrected chi connectivity index (χ1v) is 10.5. The molecule has 1 amide bonds. The van der Waals surface area contributed by atoms with Crippen LogP contribution in [0.25, 0.3) is 10.9 Å². The van der Waals surface area contributed by atoms with Crippen molar-refractivity contribution in [3.8, 4) is 6.07 Å². The maximum Gasteiger partial charge on any atom is 0.360 e. The molecule has 7 heteroatoms. The number of aromatic nitrogens is 1. The van der Waals surface area contributed by atoms with Gasteiger partial charge in [-0.25, -0.2) is 0 Å². The van der Waals surface area contributed by atoms with Crippen LogP contribution in [0.3, 0.4) is 0 Å². The summed E-state index contributed by atoms with van der Waals surface area (Å²) in [6.45, 7) is 0.416. The first kappa shape index (κ1) is 21.2. The van der Waals surface area contributed by atoms with Crippen molar-refractivity contribution in [3.05, 3.63) is 106 Å². The van der Waals surface area contributed by atoms with Gasteiger partial charge < -0.3 is 4.98 Å². The fourth-order valence-electron chi connectivity index (χ4n) is 3.40. The van der Waals surface area contributed by atoms with Crippen molar-refractivity contribution in [1.29, 1.82) is 5.26 Å². The van der Waals surface area contributed by atoms with E-state index in [1.54, 1.807) is 24.3 Å². The van der Waals surface area contributed by atoms with Crippen LogP contribution < -0.4 is 4.91 Å². The molecule has 0 aliphatic heterocycles. The average molecular weight is 441 g/mol. The van der Waals surface area contributed by atoms with Gasteiger partial charge in [-0.1, -0.05) is 35.9 Å². The standard InChI is InChI=1S/C25H18ClN5O/c26-22-9-10-24-23(14-22)21(16-28-24)11-12-29-31-30-25(32)20-7-5-18(6-8-20)13-17-1-3-19(15-27)4-2-17/h1-10,14,16H,11-13H2/p+1. The van der Waals surface area contributed by atoms with Crippen molar-refractivity contribution in [2.24, 2.45) is 10.2 Å². The molecule has 0 radical (unpaired) electrons. The second-order valence-electron chi connectivity index (χ2n) is 7.30. The average Bonchev–Trinajstić information content (AvgIpc) is 3.21. The molecule has 32 heavy (non-hydrogen) atoms. The van der Waals surface area contributed by atoms with E-state index in [2.05, 4.69) is 26.2 Å². The summed E-state index contributed by atoms with van der Waals surface area (Å²) in [5.74, 6) is -0.433. The summed E-state index contributed by atoms with van der Waals surface area (Å²) in [5, 5.41) is 18.3. The molecule has 4 aromatic rings. The van der Waals surface area contributed by atoms with Crippen molar-refractivity contribution in [1.82, 2.24) is 9.90 Å². The lowest BCUT2D eigenvalue weighted by Crippen LogP contribution is -1.96. The van der Waals surface area contributed by atoms with Crippen LogP contribution in [-0.4, -0.2) is 17.4 Å². The molecule has 0 aliphatic carbocycles. The number of fused-ring (bicyclic) bond motifs is 1. The van der Waals surface area contributed by atoms with Crippen molar-refractivity contribution in [3.63, 3.8) is 0 Å². The minimum Gasteiger partial charge on any atom is -0.361 e. The van der Waals surface area contributed by atoms with Gasteiger partial charge in [-0.05, 0) is 65.6 Å². The number of nitrogens with zero attached hydrogens (tertiary/aromatic N) is 4. The first-order valence-electron chi connectivity index (χ1n) is 10.1. The largest absolute Gasteiger partial charge is 0.361 e. The van der Waals surface area contributed by atoms with Crippen molar-refractivity contribution in [2.75, 3.05) is 6.54 Å². The van der Waals surface area contributed by atoms with Crippen LogP contribution in [0, 0.1) is 11.3 Å². The van der Waals surface area contributed by atoms with Gasteiger partial charge in [0.25, 0.3) is 0 Å². The molecule has 0 spiro atoms. The van der Waals surface area contributed by atoms with Crippen molar-refractivity contribution in [2.45, 2.75) is 12.8 Å².